The number of nitrogens with zero attached hydrogens (tertiary/aromatic N) is 2. The van der Waals surface area contributed by atoms with Crippen LogP contribution in [0.4, 0.5) is 0 Å². The summed E-state index contributed by atoms with van der Waals surface area (Å²) in [5.74, 6) is 1.80. The molecule has 0 spiro atoms. The third kappa shape index (κ3) is 4.40. The molecule has 0 saturated carbocycles. The molecule has 0 N–H and O–H groups in total. The molecule has 1 aromatic heterocycles. The zero-order chi connectivity index (χ0) is 19.9. The van der Waals surface area contributed by atoms with Crippen LogP contribution in [0.5, 0.6) is 17.2 Å². The fourth-order valence-corrected chi connectivity index (χ4v) is 2.45. The number of hydrogen-bond acceptors (Lipinski definition) is 8. The van der Waals surface area contributed by atoms with E-state index in [0.29, 0.717) is 29.5 Å². The van der Waals surface area contributed by atoms with Crippen LogP contribution < -0.4 is 14.2 Å². The van der Waals surface area contributed by atoms with Gasteiger partial charge in [0.2, 0.25) is 5.82 Å². The van der Waals surface area contributed by atoms with E-state index in [1.807, 2.05) is 19.1 Å². The lowest BCUT2D eigenvalue weighted by molar-refractivity contribution is 0.0429. The van der Waals surface area contributed by atoms with Crippen molar-refractivity contribution in [2.45, 2.75) is 13.5 Å². The summed E-state index contributed by atoms with van der Waals surface area (Å²) in [7, 11) is 3.10. The van der Waals surface area contributed by atoms with Gasteiger partial charge in [0.25, 0.3) is 5.89 Å². The number of rotatable bonds is 8. The van der Waals surface area contributed by atoms with Gasteiger partial charge in [0.1, 0.15) is 5.75 Å². The highest BCUT2D eigenvalue weighted by molar-refractivity contribution is 5.90. The van der Waals surface area contributed by atoms with Crippen LogP contribution in [-0.4, -0.2) is 36.9 Å². The molecule has 2 aromatic carbocycles. The Morgan fingerprint density at radius 1 is 1.04 bits per heavy atom. The zero-order valence-electron chi connectivity index (χ0n) is 15.8. The molecule has 3 rings (SSSR count). The first-order valence-corrected chi connectivity index (χ1v) is 8.59. The van der Waals surface area contributed by atoms with Crippen molar-refractivity contribution in [3.8, 4) is 28.6 Å². The minimum absolute atomic E-state index is 0.141. The van der Waals surface area contributed by atoms with Crippen molar-refractivity contribution in [1.29, 1.82) is 0 Å². The van der Waals surface area contributed by atoms with E-state index in [1.165, 1.54) is 7.11 Å². The van der Waals surface area contributed by atoms with E-state index in [1.54, 1.807) is 37.4 Å². The van der Waals surface area contributed by atoms with Gasteiger partial charge in [-0.05, 0) is 49.4 Å². The normalized spacial score (nSPS) is 10.4. The first-order chi connectivity index (χ1) is 13.6. The van der Waals surface area contributed by atoms with E-state index in [9.17, 15) is 4.79 Å². The average molecular weight is 384 g/mol. The van der Waals surface area contributed by atoms with Crippen molar-refractivity contribution in [3.05, 3.63) is 53.9 Å². The first-order valence-electron chi connectivity index (χ1n) is 8.59. The summed E-state index contributed by atoms with van der Waals surface area (Å²) in [6.07, 6.45) is 0. The molecule has 0 radical (unpaired) electrons. The van der Waals surface area contributed by atoms with Gasteiger partial charge in [-0.25, -0.2) is 4.79 Å². The molecule has 0 fully saturated rings. The van der Waals surface area contributed by atoms with Crippen molar-refractivity contribution < 1.29 is 28.3 Å². The fraction of sp³-hybridized carbons (Fsp3) is 0.250. The molecule has 146 valence electrons. The Kier molecular flexibility index (Phi) is 6.11. The smallest absolute Gasteiger partial charge is 0.338 e. The molecule has 0 aliphatic rings. The summed E-state index contributed by atoms with van der Waals surface area (Å²) < 4.78 is 26.2. The highest BCUT2D eigenvalue weighted by atomic mass is 16.6. The van der Waals surface area contributed by atoms with Gasteiger partial charge in [0, 0.05) is 5.56 Å². The van der Waals surface area contributed by atoms with E-state index < -0.39 is 5.97 Å². The molecule has 0 aliphatic heterocycles. The lowest BCUT2D eigenvalue weighted by atomic mass is 10.2. The monoisotopic (exact) mass is 384 g/mol. The first kappa shape index (κ1) is 19.2. The van der Waals surface area contributed by atoms with Crippen LogP contribution in [0.3, 0.4) is 0 Å². The third-order valence-corrected chi connectivity index (χ3v) is 3.84. The summed E-state index contributed by atoms with van der Waals surface area (Å²) in [6, 6.07) is 12.0. The third-order valence-electron chi connectivity index (χ3n) is 3.84. The van der Waals surface area contributed by atoms with Gasteiger partial charge >= 0.3 is 5.97 Å². The second-order valence-electron chi connectivity index (χ2n) is 5.62. The van der Waals surface area contributed by atoms with Crippen LogP contribution >= 0.6 is 0 Å². The molecule has 3 aromatic rings. The van der Waals surface area contributed by atoms with E-state index in [4.69, 9.17) is 23.5 Å². The largest absolute Gasteiger partial charge is 0.497 e. The summed E-state index contributed by atoms with van der Waals surface area (Å²) in [5, 5.41) is 3.90. The number of hydrogen-bond donors (Lipinski definition) is 0. The van der Waals surface area contributed by atoms with Gasteiger partial charge in [0.15, 0.2) is 18.1 Å². The second kappa shape index (κ2) is 8.90. The van der Waals surface area contributed by atoms with Crippen LogP contribution in [0.1, 0.15) is 23.2 Å². The maximum Gasteiger partial charge on any atom is 0.338 e. The lowest BCUT2D eigenvalue weighted by Crippen LogP contribution is -2.06. The standard InChI is InChI=1S/C20H20N2O6/c1-4-26-16-10-7-14(11-17(16)25-3)20(23)27-12-18-21-19(22-28-18)13-5-8-15(24-2)9-6-13/h5-11H,4,12H2,1-3H3. The molecule has 0 amide bonds. The van der Waals surface area contributed by atoms with Crippen molar-refractivity contribution in [2.24, 2.45) is 0 Å². The molecule has 8 heteroatoms. The summed E-state index contributed by atoms with van der Waals surface area (Å²) in [5.41, 5.74) is 1.09. The van der Waals surface area contributed by atoms with Crippen LogP contribution in [0.25, 0.3) is 11.4 Å². The Balaban J connectivity index is 1.64. The second-order valence-corrected chi connectivity index (χ2v) is 5.62. The number of esters is 1. The summed E-state index contributed by atoms with van der Waals surface area (Å²) >= 11 is 0. The van der Waals surface area contributed by atoms with Crippen molar-refractivity contribution >= 4 is 5.97 Å². The summed E-state index contributed by atoms with van der Waals surface area (Å²) in [6.45, 7) is 2.22. The Hall–Kier alpha value is -3.55. The highest BCUT2D eigenvalue weighted by Crippen LogP contribution is 2.28. The molecule has 0 bridgehead atoms. The average Bonchev–Trinajstić information content (AvgIpc) is 3.21. The van der Waals surface area contributed by atoms with Gasteiger partial charge in [-0.2, -0.15) is 4.98 Å². The van der Waals surface area contributed by atoms with Crippen LogP contribution in [0, 0.1) is 0 Å². The minimum atomic E-state index is -0.537. The quantitative estimate of drug-likeness (QED) is 0.545. The molecule has 1 heterocycles. The minimum Gasteiger partial charge on any atom is -0.497 e. The van der Waals surface area contributed by atoms with Gasteiger partial charge in [0.05, 0.1) is 26.4 Å². The molecule has 28 heavy (non-hydrogen) atoms. The SMILES string of the molecule is CCOc1ccc(C(=O)OCc2nc(-c3ccc(OC)cc3)no2)cc1OC. The van der Waals surface area contributed by atoms with Crippen LogP contribution in [0.15, 0.2) is 47.0 Å². The van der Waals surface area contributed by atoms with Crippen LogP contribution in [-0.2, 0) is 11.3 Å². The zero-order valence-corrected chi connectivity index (χ0v) is 15.8. The molecular formula is C20H20N2O6. The molecule has 0 saturated heterocycles. The topological polar surface area (TPSA) is 92.9 Å². The predicted octanol–water partition coefficient (Wildman–Crippen LogP) is 3.51. The van der Waals surface area contributed by atoms with E-state index in [0.717, 1.165) is 11.3 Å². The van der Waals surface area contributed by atoms with Gasteiger partial charge in [-0.15, -0.1) is 0 Å². The number of ether oxygens (including phenoxy) is 4. The van der Waals surface area contributed by atoms with Gasteiger partial charge in [-0.1, -0.05) is 5.16 Å². The Morgan fingerprint density at radius 3 is 2.50 bits per heavy atom. The van der Waals surface area contributed by atoms with E-state index >= 15 is 0 Å². The number of methoxy groups -OCH3 is 2. The Bertz CT molecular complexity index is 936. The molecule has 0 atom stereocenters. The number of aromatic nitrogens is 2. The fourth-order valence-electron chi connectivity index (χ4n) is 2.45. The lowest BCUT2D eigenvalue weighted by Gasteiger charge is -2.10. The molecule has 8 nitrogen and oxygen atoms in total. The van der Waals surface area contributed by atoms with Gasteiger partial charge in [-0.3, -0.25) is 0 Å². The van der Waals surface area contributed by atoms with E-state index in [2.05, 4.69) is 10.1 Å². The Labute approximate surface area is 162 Å². The highest BCUT2D eigenvalue weighted by Gasteiger charge is 2.15. The molecule has 0 unspecified atom stereocenters. The predicted molar refractivity (Wildman–Crippen MR) is 99.6 cm³/mol. The maximum atomic E-state index is 12.3. The van der Waals surface area contributed by atoms with Crippen molar-refractivity contribution in [3.63, 3.8) is 0 Å². The Morgan fingerprint density at radius 2 is 1.82 bits per heavy atom. The molecular weight excluding hydrogens is 364 g/mol. The summed E-state index contributed by atoms with van der Waals surface area (Å²) in [4.78, 5) is 16.5. The number of benzene rings is 2. The van der Waals surface area contributed by atoms with Crippen LogP contribution in [0.2, 0.25) is 0 Å². The van der Waals surface area contributed by atoms with Gasteiger partial charge < -0.3 is 23.5 Å². The van der Waals surface area contributed by atoms with Crippen molar-refractivity contribution in [2.75, 3.05) is 20.8 Å². The van der Waals surface area contributed by atoms with E-state index in [-0.39, 0.29) is 12.5 Å². The number of carbonyl (C=O) groups excluding carboxylic acids is 1. The van der Waals surface area contributed by atoms with Crippen molar-refractivity contribution in [1.82, 2.24) is 10.1 Å². The maximum absolute atomic E-state index is 12.3. The number of carbonyl (C=O) groups is 1. The molecule has 0 aliphatic carbocycles.